The van der Waals surface area contributed by atoms with Gasteiger partial charge in [-0.2, -0.15) is 0 Å². The Balaban J connectivity index is 1.36. The number of aromatic nitrogens is 2. The monoisotopic (exact) mass is 651 g/mol. The van der Waals surface area contributed by atoms with Gasteiger partial charge < -0.3 is 14.3 Å². The van der Waals surface area contributed by atoms with Crippen LogP contribution in [0.3, 0.4) is 0 Å². The van der Waals surface area contributed by atoms with Crippen molar-refractivity contribution in [3.8, 4) is 0 Å². The fraction of sp³-hybridized carbons (Fsp3) is 0.100. The van der Waals surface area contributed by atoms with E-state index in [0.29, 0.717) is 36.7 Å². The molecule has 43 heavy (non-hydrogen) atoms. The van der Waals surface area contributed by atoms with Gasteiger partial charge in [0.15, 0.2) is 15.9 Å². The third kappa shape index (κ3) is 5.52. The standard InChI is InChI=1S/C30H19Cl2N3O6S2/c1-40-28(39)16-8-6-15(7-9-16)24-23(25(36)22-12-17-4-2-3-5-21(17)41-22)26(37)27(38)35(24)29-33-34-30(43-29)42-14-18-10-11-19(31)13-20(18)32/h2-13,24,37H,14H2,1H3. The Morgan fingerprint density at radius 1 is 1.07 bits per heavy atom. The number of aliphatic hydroxyl groups is 1. The van der Waals surface area contributed by atoms with Crippen molar-refractivity contribution in [3.05, 3.63) is 117 Å². The van der Waals surface area contributed by atoms with E-state index in [1.54, 1.807) is 54.6 Å². The Morgan fingerprint density at radius 2 is 1.84 bits per heavy atom. The number of ketones is 1. The number of esters is 1. The van der Waals surface area contributed by atoms with E-state index in [2.05, 4.69) is 10.2 Å². The maximum atomic E-state index is 13.9. The van der Waals surface area contributed by atoms with Gasteiger partial charge in [0, 0.05) is 21.2 Å². The summed E-state index contributed by atoms with van der Waals surface area (Å²) < 4.78 is 11.1. The normalized spacial score (nSPS) is 15.0. The van der Waals surface area contributed by atoms with Crippen molar-refractivity contribution >= 4 is 80.1 Å². The Kier molecular flexibility index (Phi) is 7.97. The number of rotatable bonds is 8. The fourth-order valence-corrected chi connectivity index (χ4v) is 7.06. The molecule has 0 radical (unpaired) electrons. The molecule has 1 amide bonds. The number of carbonyl (C=O) groups excluding carboxylic acids is 3. The van der Waals surface area contributed by atoms with Gasteiger partial charge in [-0.25, -0.2) is 4.79 Å². The molecule has 1 unspecified atom stereocenters. The molecule has 9 nitrogen and oxygen atoms in total. The molecule has 13 heteroatoms. The summed E-state index contributed by atoms with van der Waals surface area (Å²) in [4.78, 5) is 40.7. The first-order valence-corrected chi connectivity index (χ1v) is 15.2. The van der Waals surface area contributed by atoms with Crippen molar-refractivity contribution in [3.63, 3.8) is 0 Å². The number of carbonyl (C=O) groups is 3. The molecule has 0 spiro atoms. The maximum absolute atomic E-state index is 13.9. The molecule has 5 aromatic rings. The van der Waals surface area contributed by atoms with E-state index < -0.39 is 29.5 Å². The number of aliphatic hydroxyl groups excluding tert-OH is 1. The van der Waals surface area contributed by atoms with Gasteiger partial charge in [0.25, 0.3) is 5.91 Å². The number of amides is 1. The average molecular weight is 653 g/mol. The Bertz CT molecular complexity index is 1900. The summed E-state index contributed by atoms with van der Waals surface area (Å²) in [7, 11) is 1.27. The first-order chi connectivity index (χ1) is 20.7. The summed E-state index contributed by atoms with van der Waals surface area (Å²) in [6.45, 7) is 0. The van der Waals surface area contributed by atoms with Gasteiger partial charge in [-0.15, -0.1) is 10.2 Å². The number of halogens is 2. The van der Waals surface area contributed by atoms with E-state index in [1.807, 2.05) is 6.07 Å². The molecule has 0 fully saturated rings. The van der Waals surface area contributed by atoms with E-state index in [9.17, 15) is 19.5 Å². The van der Waals surface area contributed by atoms with Crippen LogP contribution in [-0.2, 0) is 15.3 Å². The number of anilines is 1. The summed E-state index contributed by atoms with van der Waals surface area (Å²) >= 11 is 14.8. The van der Waals surface area contributed by atoms with E-state index >= 15 is 0 Å². The number of thioether (sulfide) groups is 1. The summed E-state index contributed by atoms with van der Waals surface area (Å²) in [5, 5.41) is 21.4. The molecule has 216 valence electrons. The first kappa shape index (κ1) is 28.9. The number of hydrogen-bond acceptors (Lipinski definition) is 10. The minimum absolute atomic E-state index is 0.0399. The van der Waals surface area contributed by atoms with Crippen LogP contribution >= 0.6 is 46.3 Å². The lowest BCUT2D eigenvalue weighted by molar-refractivity contribution is -0.117. The van der Waals surface area contributed by atoms with Crippen LogP contribution in [0, 0.1) is 0 Å². The molecule has 0 bridgehead atoms. The van der Waals surface area contributed by atoms with E-state index in [1.165, 1.54) is 35.9 Å². The molecule has 6 rings (SSSR count). The Hall–Kier alpha value is -4.16. The second-order valence-electron chi connectivity index (χ2n) is 9.31. The minimum atomic E-state index is -1.09. The van der Waals surface area contributed by atoms with Gasteiger partial charge in [-0.3, -0.25) is 14.5 Å². The van der Waals surface area contributed by atoms with Crippen molar-refractivity contribution in [1.29, 1.82) is 0 Å². The molecule has 0 saturated heterocycles. The lowest BCUT2D eigenvalue weighted by atomic mass is 9.94. The number of Topliss-reactive ketones (excluding diaryl/α,β-unsaturated/α-hetero) is 1. The highest BCUT2D eigenvalue weighted by molar-refractivity contribution is 8.00. The molecule has 1 atom stereocenters. The number of nitrogens with zero attached hydrogens (tertiary/aromatic N) is 3. The number of benzene rings is 3. The highest BCUT2D eigenvalue weighted by Crippen LogP contribution is 2.44. The molecule has 1 aliphatic rings. The van der Waals surface area contributed by atoms with Gasteiger partial charge in [-0.05, 0) is 47.5 Å². The van der Waals surface area contributed by atoms with Crippen LogP contribution in [0.25, 0.3) is 11.0 Å². The average Bonchev–Trinajstić information content (AvgIpc) is 3.72. The predicted octanol–water partition coefficient (Wildman–Crippen LogP) is 7.45. The first-order valence-electron chi connectivity index (χ1n) is 12.6. The summed E-state index contributed by atoms with van der Waals surface area (Å²) in [6, 6.07) is 19.0. The molecule has 0 saturated carbocycles. The van der Waals surface area contributed by atoms with Crippen LogP contribution in [0.4, 0.5) is 5.13 Å². The van der Waals surface area contributed by atoms with E-state index in [4.69, 9.17) is 32.4 Å². The number of fused-ring (bicyclic) bond motifs is 1. The van der Waals surface area contributed by atoms with Crippen LogP contribution in [0.15, 0.2) is 92.9 Å². The van der Waals surface area contributed by atoms with Crippen molar-refractivity contribution in [2.45, 2.75) is 16.1 Å². The van der Waals surface area contributed by atoms with Crippen LogP contribution < -0.4 is 4.90 Å². The lowest BCUT2D eigenvalue weighted by Gasteiger charge is -2.24. The van der Waals surface area contributed by atoms with Crippen molar-refractivity contribution in [2.24, 2.45) is 0 Å². The molecule has 3 heterocycles. The van der Waals surface area contributed by atoms with Gasteiger partial charge >= 0.3 is 5.97 Å². The molecule has 1 N–H and O–H groups in total. The molecule has 3 aromatic carbocycles. The highest BCUT2D eigenvalue weighted by Gasteiger charge is 2.46. The third-order valence-electron chi connectivity index (χ3n) is 6.72. The van der Waals surface area contributed by atoms with Gasteiger partial charge in [0.1, 0.15) is 5.58 Å². The lowest BCUT2D eigenvalue weighted by Crippen LogP contribution is -2.31. The quantitative estimate of drug-likeness (QED) is 0.0788. The van der Waals surface area contributed by atoms with Crippen LogP contribution in [-0.4, -0.2) is 40.1 Å². The number of furan rings is 1. The molecule has 2 aromatic heterocycles. The van der Waals surface area contributed by atoms with Gasteiger partial charge in [0.05, 0.1) is 24.3 Å². The molecule has 0 aliphatic carbocycles. The summed E-state index contributed by atoms with van der Waals surface area (Å²) in [6.07, 6.45) is 0. The smallest absolute Gasteiger partial charge is 0.337 e. The predicted molar refractivity (Wildman–Crippen MR) is 164 cm³/mol. The zero-order valence-electron chi connectivity index (χ0n) is 22.1. The largest absolute Gasteiger partial charge is 0.503 e. The number of hydrogen-bond donors (Lipinski definition) is 1. The second kappa shape index (κ2) is 11.8. The van der Waals surface area contributed by atoms with Crippen molar-refractivity contribution < 1.29 is 28.6 Å². The fourth-order valence-electron chi connectivity index (χ4n) is 4.63. The highest BCUT2D eigenvalue weighted by atomic mass is 35.5. The molecular weight excluding hydrogens is 633 g/mol. The van der Waals surface area contributed by atoms with Crippen LogP contribution in [0.5, 0.6) is 0 Å². The number of ether oxygens (including phenoxy) is 1. The zero-order chi connectivity index (χ0) is 30.2. The summed E-state index contributed by atoms with van der Waals surface area (Å²) in [5.74, 6) is -2.34. The zero-order valence-corrected chi connectivity index (χ0v) is 25.3. The van der Waals surface area contributed by atoms with Crippen molar-refractivity contribution in [2.75, 3.05) is 12.0 Å². The van der Waals surface area contributed by atoms with Gasteiger partial charge in [0.2, 0.25) is 10.9 Å². The number of methoxy groups -OCH3 is 1. The van der Waals surface area contributed by atoms with E-state index in [-0.39, 0.29) is 22.0 Å². The Morgan fingerprint density at radius 3 is 2.56 bits per heavy atom. The molecular formula is C30H19Cl2N3O6S2. The minimum Gasteiger partial charge on any atom is -0.503 e. The SMILES string of the molecule is COC(=O)c1ccc(C2C(C(=O)c3cc4ccccc4o3)=C(O)C(=O)N2c2nnc(SCc3ccc(Cl)cc3Cl)s2)cc1. The van der Waals surface area contributed by atoms with E-state index in [0.717, 1.165) is 16.9 Å². The number of para-hydroxylation sites is 1. The third-order valence-corrected chi connectivity index (χ3v) is 9.41. The summed E-state index contributed by atoms with van der Waals surface area (Å²) in [5.41, 5.74) is 1.86. The van der Waals surface area contributed by atoms with Crippen LogP contribution in [0.2, 0.25) is 10.0 Å². The van der Waals surface area contributed by atoms with Gasteiger partial charge in [-0.1, -0.05) is 82.7 Å². The van der Waals surface area contributed by atoms with Crippen LogP contribution in [0.1, 0.15) is 38.1 Å². The Labute approximate surface area is 262 Å². The maximum Gasteiger partial charge on any atom is 0.337 e. The topological polar surface area (TPSA) is 123 Å². The second-order valence-corrected chi connectivity index (χ2v) is 12.3. The molecule has 1 aliphatic heterocycles. The van der Waals surface area contributed by atoms with Crippen molar-refractivity contribution in [1.82, 2.24) is 10.2 Å².